The number of carbonyl (C=O) groups excluding carboxylic acids is 1. The number of rotatable bonds is 4. The monoisotopic (exact) mass is 450 g/mol. The molecule has 9 nitrogen and oxygen atoms in total. The van der Waals surface area contributed by atoms with Crippen molar-refractivity contribution in [1.82, 2.24) is 14.5 Å². The quantitative estimate of drug-likeness (QED) is 0.664. The summed E-state index contributed by atoms with van der Waals surface area (Å²) in [6.45, 7) is 0. The number of nitrogens with zero attached hydrogens (tertiary/aromatic N) is 4. The van der Waals surface area contributed by atoms with Gasteiger partial charge in [-0.1, -0.05) is 17.8 Å². The van der Waals surface area contributed by atoms with Gasteiger partial charge in [0.15, 0.2) is 5.17 Å². The van der Waals surface area contributed by atoms with Gasteiger partial charge < -0.3 is 11.1 Å². The third-order valence-corrected chi connectivity index (χ3v) is 5.78. The van der Waals surface area contributed by atoms with E-state index in [-0.39, 0.29) is 34.2 Å². The molecule has 0 bridgehead atoms. The Kier molecular flexibility index (Phi) is 6.39. The zero-order valence-electron chi connectivity index (χ0n) is 17.0. The van der Waals surface area contributed by atoms with Gasteiger partial charge >= 0.3 is 5.69 Å². The first-order chi connectivity index (χ1) is 14.6. The highest BCUT2D eigenvalue weighted by atomic mass is 32.2. The average Bonchev–Trinajstić information content (AvgIpc) is 3.18. The Hall–Kier alpha value is -3.28. The lowest BCUT2D eigenvalue weighted by atomic mass is 10.1. The molecule has 2 aromatic rings. The molecule has 1 aliphatic rings. The Labute approximate surface area is 179 Å². The molecule has 1 aromatic heterocycles. The van der Waals surface area contributed by atoms with Crippen LogP contribution in [0, 0.1) is 11.6 Å². The molecule has 1 unspecified atom stereocenters. The first-order valence-electron chi connectivity index (χ1n) is 9.11. The summed E-state index contributed by atoms with van der Waals surface area (Å²) in [7, 11) is 4.12. The van der Waals surface area contributed by atoms with Gasteiger partial charge in [0, 0.05) is 38.5 Å². The number of hydrogen-bond donors (Lipinski definition) is 2. The fourth-order valence-corrected chi connectivity index (χ4v) is 4.06. The van der Waals surface area contributed by atoms with Gasteiger partial charge in [0.1, 0.15) is 23.0 Å². The van der Waals surface area contributed by atoms with Crippen molar-refractivity contribution < 1.29 is 13.6 Å². The maximum absolute atomic E-state index is 14.0. The van der Waals surface area contributed by atoms with Crippen LogP contribution in [0.3, 0.4) is 0 Å². The second-order valence-electron chi connectivity index (χ2n) is 6.79. The standard InChI is InChI=1S/C19H20F2N6O3S/c1-23-12(15-16(22)26(2)19(30)27(3)17(15)29)7-14(28)25-18-24-13(8-31-18)10-5-4-9(20)6-11(10)21/h4-6,13H,7-8,22H2,1-3H3,(H,24,25,28). The zero-order valence-corrected chi connectivity index (χ0v) is 17.8. The van der Waals surface area contributed by atoms with E-state index in [1.54, 1.807) is 0 Å². The molecule has 2 heterocycles. The van der Waals surface area contributed by atoms with E-state index in [1.807, 2.05) is 0 Å². The fraction of sp³-hybridized carbons (Fsp3) is 0.316. The summed E-state index contributed by atoms with van der Waals surface area (Å²) in [5, 5.41) is 2.88. The second kappa shape index (κ2) is 8.84. The first-order valence-corrected chi connectivity index (χ1v) is 10.1. The molecule has 0 fully saturated rings. The van der Waals surface area contributed by atoms with Crippen molar-refractivity contribution in [3.8, 4) is 0 Å². The van der Waals surface area contributed by atoms with Crippen LogP contribution >= 0.6 is 11.8 Å². The molecule has 0 aliphatic carbocycles. The number of amidine groups is 1. The Balaban J connectivity index is 1.78. The smallest absolute Gasteiger partial charge is 0.332 e. The van der Waals surface area contributed by atoms with Crippen LogP contribution in [0.2, 0.25) is 0 Å². The molecular formula is C19H20F2N6O3S. The second-order valence-corrected chi connectivity index (χ2v) is 7.80. The lowest BCUT2D eigenvalue weighted by Gasteiger charge is -2.13. The van der Waals surface area contributed by atoms with Gasteiger partial charge in [0.05, 0.1) is 18.2 Å². The highest BCUT2D eigenvalue weighted by Crippen LogP contribution is 2.31. The highest BCUT2D eigenvalue weighted by molar-refractivity contribution is 8.14. The van der Waals surface area contributed by atoms with Gasteiger partial charge in [-0.3, -0.25) is 28.7 Å². The summed E-state index contributed by atoms with van der Waals surface area (Å²) in [5.41, 5.74) is 4.98. The van der Waals surface area contributed by atoms with E-state index in [9.17, 15) is 23.2 Å². The summed E-state index contributed by atoms with van der Waals surface area (Å²) >= 11 is 1.21. The van der Waals surface area contributed by atoms with Crippen molar-refractivity contribution in [2.75, 3.05) is 18.5 Å². The van der Waals surface area contributed by atoms with Crippen LogP contribution < -0.4 is 22.3 Å². The molecule has 1 aromatic carbocycles. The number of nitrogens with two attached hydrogens (primary N) is 1. The SMILES string of the molecule is CN=C(CC(=O)NC1=NC(c2ccc(F)cc2F)CS1)c1c(N)n(C)c(=O)n(C)c1=O. The maximum atomic E-state index is 14.0. The molecule has 0 saturated heterocycles. The predicted octanol–water partition coefficient (Wildman–Crippen LogP) is 0.714. The molecule has 1 atom stereocenters. The van der Waals surface area contributed by atoms with Crippen LogP contribution in [0.4, 0.5) is 14.6 Å². The Morgan fingerprint density at radius 2 is 2.03 bits per heavy atom. The van der Waals surface area contributed by atoms with E-state index < -0.39 is 34.8 Å². The number of carbonyl (C=O) groups is 1. The highest BCUT2D eigenvalue weighted by Gasteiger charge is 2.25. The molecule has 0 spiro atoms. The molecule has 31 heavy (non-hydrogen) atoms. The van der Waals surface area contributed by atoms with Gasteiger partial charge in [0.25, 0.3) is 5.56 Å². The number of benzene rings is 1. The van der Waals surface area contributed by atoms with E-state index in [0.29, 0.717) is 5.75 Å². The molecule has 0 saturated carbocycles. The number of hydrogen-bond acceptors (Lipinski definition) is 7. The molecule has 1 amide bonds. The number of anilines is 1. The molecule has 3 N–H and O–H groups in total. The van der Waals surface area contributed by atoms with E-state index in [1.165, 1.54) is 39.0 Å². The van der Waals surface area contributed by atoms with E-state index in [2.05, 4.69) is 15.3 Å². The number of aliphatic imine (C=N–C) groups is 2. The number of aromatic nitrogens is 2. The first kappa shape index (κ1) is 22.4. The average molecular weight is 450 g/mol. The summed E-state index contributed by atoms with van der Waals surface area (Å²) in [5.74, 6) is -1.62. The van der Waals surface area contributed by atoms with E-state index in [4.69, 9.17) is 5.73 Å². The maximum Gasteiger partial charge on any atom is 0.332 e. The van der Waals surface area contributed by atoms with Crippen LogP contribution in [0.25, 0.3) is 0 Å². The van der Waals surface area contributed by atoms with Crippen LogP contribution in [0.15, 0.2) is 37.8 Å². The number of amides is 1. The normalized spacial score (nSPS) is 16.4. The number of thioether (sulfide) groups is 1. The third-order valence-electron chi connectivity index (χ3n) is 4.82. The third kappa shape index (κ3) is 4.43. The topological polar surface area (TPSA) is 124 Å². The lowest BCUT2D eigenvalue weighted by molar-refractivity contribution is -0.118. The molecule has 0 radical (unpaired) electrons. The van der Waals surface area contributed by atoms with Crippen LogP contribution in [0.1, 0.15) is 23.6 Å². The van der Waals surface area contributed by atoms with Crippen molar-refractivity contribution in [2.24, 2.45) is 24.1 Å². The molecule has 164 valence electrons. The molecule has 1 aliphatic heterocycles. The molecule has 3 rings (SSSR count). The molecule has 12 heteroatoms. The Bertz CT molecular complexity index is 1230. The van der Waals surface area contributed by atoms with Crippen molar-refractivity contribution in [1.29, 1.82) is 0 Å². The lowest BCUT2D eigenvalue weighted by Crippen LogP contribution is -2.42. The fourth-order valence-electron chi connectivity index (χ4n) is 3.10. The van der Waals surface area contributed by atoms with Crippen molar-refractivity contribution >= 4 is 34.4 Å². The van der Waals surface area contributed by atoms with Crippen molar-refractivity contribution in [3.05, 3.63) is 61.8 Å². The number of nitrogen functional groups attached to an aromatic ring is 1. The van der Waals surface area contributed by atoms with Gasteiger partial charge in [-0.15, -0.1) is 0 Å². The minimum absolute atomic E-state index is 0.0328. The van der Waals surface area contributed by atoms with Gasteiger partial charge in [-0.05, 0) is 6.07 Å². The summed E-state index contributed by atoms with van der Waals surface area (Å²) < 4.78 is 29.1. The summed E-state index contributed by atoms with van der Waals surface area (Å²) in [4.78, 5) is 45.3. The molecular weight excluding hydrogens is 430 g/mol. The van der Waals surface area contributed by atoms with Gasteiger partial charge in [-0.25, -0.2) is 13.6 Å². The van der Waals surface area contributed by atoms with Crippen molar-refractivity contribution in [2.45, 2.75) is 12.5 Å². The minimum Gasteiger partial charge on any atom is -0.384 e. The number of halogens is 2. The summed E-state index contributed by atoms with van der Waals surface area (Å²) in [6, 6.07) is 2.70. The number of nitrogens with one attached hydrogen (secondary N) is 1. The van der Waals surface area contributed by atoms with E-state index in [0.717, 1.165) is 21.3 Å². The summed E-state index contributed by atoms with van der Waals surface area (Å²) in [6.07, 6.45) is -0.288. The predicted molar refractivity (Wildman–Crippen MR) is 116 cm³/mol. The van der Waals surface area contributed by atoms with Crippen LogP contribution in [-0.4, -0.2) is 38.7 Å². The zero-order chi connectivity index (χ0) is 22.9. The van der Waals surface area contributed by atoms with E-state index >= 15 is 0 Å². The van der Waals surface area contributed by atoms with Crippen LogP contribution in [-0.2, 0) is 18.9 Å². The van der Waals surface area contributed by atoms with Gasteiger partial charge in [0.2, 0.25) is 5.91 Å². The van der Waals surface area contributed by atoms with Gasteiger partial charge in [-0.2, -0.15) is 0 Å². The minimum atomic E-state index is -0.705. The largest absolute Gasteiger partial charge is 0.384 e. The van der Waals surface area contributed by atoms with Crippen molar-refractivity contribution in [3.63, 3.8) is 0 Å². The Morgan fingerprint density at radius 3 is 2.68 bits per heavy atom. The van der Waals surface area contributed by atoms with Crippen LogP contribution in [0.5, 0.6) is 0 Å². The Morgan fingerprint density at radius 1 is 1.32 bits per heavy atom.